The van der Waals surface area contributed by atoms with Crippen LogP contribution in [0.15, 0.2) is 46.7 Å². The number of nitrogens with zero attached hydrogens (tertiary/aromatic N) is 3. The summed E-state index contributed by atoms with van der Waals surface area (Å²) in [6.07, 6.45) is 7.53. The minimum atomic E-state index is -0.608. The molecule has 2 aromatic heterocycles. The van der Waals surface area contributed by atoms with Gasteiger partial charge in [0.15, 0.2) is 11.5 Å². The van der Waals surface area contributed by atoms with Crippen LogP contribution in [0.4, 0.5) is 11.7 Å². The number of nitrogens with one attached hydrogen (secondary N) is 3. The third-order valence-corrected chi connectivity index (χ3v) is 5.50. The molecule has 5 N–H and O–H groups in total. The minimum absolute atomic E-state index is 0.144. The van der Waals surface area contributed by atoms with Gasteiger partial charge in [-0.1, -0.05) is 6.08 Å². The average Bonchev–Trinajstić information content (AvgIpc) is 3.41. The molecule has 1 saturated heterocycles. The van der Waals surface area contributed by atoms with Crippen LogP contribution in [0, 0.1) is 0 Å². The quantitative estimate of drug-likeness (QED) is 0.513. The third-order valence-electron chi connectivity index (χ3n) is 5.50. The van der Waals surface area contributed by atoms with Crippen molar-refractivity contribution < 1.29 is 9.21 Å². The molecule has 1 fully saturated rings. The zero-order chi connectivity index (χ0) is 20.5. The molecule has 0 radical (unpaired) electrons. The first-order valence-electron chi connectivity index (χ1n) is 10.0. The number of amides is 1. The van der Waals surface area contributed by atoms with E-state index in [4.69, 9.17) is 10.2 Å². The number of oxazole rings is 1. The lowest BCUT2D eigenvalue weighted by molar-refractivity contribution is 0.0995. The van der Waals surface area contributed by atoms with Crippen LogP contribution in [0.3, 0.4) is 0 Å². The largest absolute Gasteiger partial charge is 0.423 e. The number of anilines is 2. The van der Waals surface area contributed by atoms with Gasteiger partial charge in [-0.3, -0.25) is 9.89 Å². The van der Waals surface area contributed by atoms with Crippen LogP contribution < -0.4 is 16.4 Å². The molecule has 1 aliphatic carbocycles. The molecule has 0 spiro atoms. The molecule has 30 heavy (non-hydrogen) atoms. The van der Waals surface area contributed by atoms with E-state index in [0.717, 1.165) is 61.2 Å². The van der Waals surface area contributed by atoms with Crippen LogP contribution in [0.2, 0.25) is 0 Å². The van der Waals surface area contributed by atoms with Gasteiger partial charge in [0, 0.05) is 42.9 Å². The van der Waals surface area contributed by atoms with E-state index in [1.54, 1.807) is 6.20 Å². The van der Waals surface area contributed by atoms with Gasteiger partial charge in [0.2, 0.25) is 0 Å². The Balaban J connectivity index is 1.41. The van der Waals surface area contributed by atoms with Gasteiger partial charge in [0.1, 0.15) is 0 Å². The summed E-state index contributed by atoms with van der Waals surface area (Å²) in [4.78, 5) is 18.7. The van der Waals surface area contributed by atoms with Crippen LogP contribution in [0.5, 0.6) is 0 Å². The number of H-pyrrole nitrogens is 1. The Hall–Kier alpha value is -3.59. The van der Waals surface area contributed by atoms with Crippen LogP contribution in [0.1, 0.15) is 29.1 Å². The van der Waals surface area contributed by atoms with Gasteiger partial charge in [0.25, 0.3) is 11.9 Å². The summed E-state index contributed by atoms with van der Waals surface area (Å²) in [5.41, 5.74) is 9.61. The summed E-state index contributed by atoms with van der Waals surface area (Å²) < 4.78 is 5.92. The molecular formula is C21H23N7O2. The summed E-state index contributed by atoms with van der Waals surface area (Å²) in [7, 11) is 0. The molecule has 0 atom stereocenters. The van der Waals surface area contributed by atoms with E-state index in [9.17, 15) is 4.79 Å². The van der Waals surface area contributed by atoms with Crippen LogP contribution >= 0.6 is 0 Å². The maximum atomic E-state index is 12.0. The molecule has 9 heteroatoms. The van der Waals surface area contributed by atoms with E-state index < -0.39 is 5.91 Å². The van der Waals surface area contributed by atoms with Crippen molar-refractivity contribution in [2.24, 2.45) is 5.73 Å². The van der Waals surface area contributed by atoms with Gasteiger partial charge in [-0.15, -0.1) is 0 Å². The standard InChI is InChI=1S/C21H23N7O2/c22-20(29)18-19(13-2-5-16(6-3-13)28-9-7-23-8-10-28)30-21(26-18)25-15-4-1-14-12-24-27-17(14)11-15/h1-2,4-5,11-12,23H,3,6-10H2,(H2,22,29)(H,24,27)(H,25,26). The minimum Gasteiger partial charge on any atom is -0.423 e. The molecule has 3 aromatic rings. The van der Waals surface area contributed by atoms with E-state index >= 15 is 0 Å². The Kier molecular flexibility index (Phi) is 4.72. The predicted molar refractivity (Wildman–Crippen MR) is 114 cm³/mol. The number of allylic oxidation sites excluding steroid dienone is 4. The molecule has 3 heterocycles. The maximum Gasteiger partial charge on any atom is 0.300 e. The number of benzene rings is 1. The fraction of sp³-hybridized carbons (Fsp3) is 0.286. The van der Waals surface area contributed by atoms with Crippen molar-refractivity contribution in [1.29, 1.82) is 0 Å². The van der Waals surface area contributed by atoms with Crippen LogP contribution in [-0.2, 0) is 0 Å². The van der Waals surface area contributed by atoms with Gasteiger partial charge >= 0.3 is 0 Å². The fourth-order valence-electron chi connectivity index (χ4n) is 3.93. The average molecular weight is 405 g/mol. The van der Waals surface area contributed by atoms with Crippen molar-refractivity contribution in [3.8, 4) is 0 Å². The molecular weight excluding hydrogens is 382 g/mol. The Bertz CT molecular complexity index is 1150. The number of carbonyl (C=O) groups is 1. The number of piperazine rings is 1. The second-order valence-electron chi connectivity index (χ2n) is 7.44. The Morgan fingerprint density at radius 2 is 2.07 bits per heavy atom. The van der Waals surface area contributed by atoms with Crippen molar-refractivity contribution in [3.05, 3.63) is 53.7 Å². The first-order valence-corrected chi connectivity index (χ1v) is 10.0. The number of carbonyl (C=O) groups excluding carboxylic acids is 1. The zero-order valence-electron chi connectivity index (χ0n) is 16.4. The smallest absolute Gasteiger partial charge is 0.300 e. The SMILES string of the molecule is NC(=O)c1nc(Nc2ccc3cn[nH]c3c2)oc1C1=CC=C(N2CCNCC2)CC1. The summed E-state index contributed by atoms with van der Waals surface area (Å²) >= 11 is 0. The van der Waals surface area contributed by atoms with Gasteiger partial charge in [0.05, 0.1) is 11.7 Å². The zero-order valence-corrected chi connectivity index (χ0v) is 16.4. The van der Waals surface area contributed by atoms with E-state index in [-0.39, 0.29) is 11.7 Å². The number of fused-ring (bicyclic) bond motifs is 1. The van der Waals surface area contributed by atoms with Gasteiger partial charge in [-0.05, 0) is 42.7 Å². The van der Waals surface area contributed by atoms with E-state index in [0.29, 0.717) is 5.76 Å². The monoisotopic (exact) mass is 405 g/mol. The lowest BCUT2D eigenvalue weighted by atomic mass is 9.98. The fourth-order valence-corrected chi connectivity index (χ4v) is 3.93. The lowest BCUT2D eigenvalue weighted by Gasteiger charge is -2.32. The molecule has 0 bridgehead atoms. The van der Waals surface area contributed by atoms with Crippen molar-refractivity contribution in [3.63, 3.8) is 0 Å². The Morgan fingerprint density at radius 3 is 2.83 bits per heavy atom. The van der Waals surface area contributed by atoms with Crippen LogP contribution in [-0.4, -0.2) is 52.2 Å². The summed E-state index contributed by atoms with van der Waals surface area (Å²) in [6, 6.07) is 5.97. The Labute approximate surface area is 173 Å². The predicted octanol–water partition coefficient (Wildman–Crippen LogP) is 2.36. The molecule has 2 aliphatic rings. The number of aromatic amines is 1. The van der Waals surface area contributed by atoms with E-state index in [1.165, 1.54) is 5.70 Å². The second kappa shape index (κ2) is 7.68. The molecule has 1 aliphatic heterocycles. The molecule has 154 valence electrons. The van der Waals surface area contributed by atoms with E-state index in [1.807, 2.05) is 24.3 Å². The highest BCUT2D eigenvalue weighted by atomic mass is 16.4. The van der Waals surface area contributed by atoms with E-state index in [2.05, 4.69) is 36.8 Å². The highest BCUT2D eigenvalue weighted by Gasteiger charge is 2.24. The summed E-state index contributed by atoms with van der Waals surface area (Å²) in [5, 5.41) is 14.4. The molecule has 9 nitrogen and oxygen atoms in total. The number of hydrogen-bond acceptors (Lipinski definition) is 7. The topological polar surface area (TPSA) is 125 Å². The Morgan fingerprint density at radius 1 is 1.20 bits per heavy atom. The molecule has 0 unspecified atom stereocenters. The number of rotatable bonds is 5. The molecule has 5 rings (SSSR count). The van der Waals surface area contributed by atoms with Crippen molar-refractivity contribution in [1.82, 2.24) is 25.4 Å². The maximum absolute atomic E-state index is 12.0. The number of aromatic nitrogens is 3. The van der Waals surface area contributed by atoms with Crippen molar-refractivity contribution in [2.45, 2.75) is 12.8 Å². The normalized spacial score (nSPS) is 17.0. The first-order chi connectivity index (χ1) is 14.7. The van der Waals surface area contributed by atoms with Gasteiger partial charge < -0.3 is 25.7 Å². The van der Waals surface area contributed by atoms with Gasteiger partial charge in [-0.25, -0.2) is 0 Å². The van der Waals surface area contributed by atoms with Crippen LogP contribution in [0.25, 0.3) is 16.5 Å². The highest BCUT2D eigenvalue weighted by Crippen LogP contribution is 2.33. The molecule has 1 amide bonds. The van der Waals surface area contributed by atoms with Crippen molar-refractivity contribution >= 4 is 34.1 Å². The number of nitrogens with two attached hydrogens (primary N) is 1. The van der Waals surface area contributed by atoms with Gasteiger partial charge in [-0.2, -0.15) is 10.1 Å². The summed E-state index contributed by atoms with van der Waals surface area (Å²) in [5.74, 6) is -0.174. The number of hydrogen-bond donors (Lipinski definition) is 4. The van der Waals surface area contributed by atoms with Crippen molar-refractivity contribution in [2.75, 3.05) is 31.5 Å². The highest BCUT2D eigenvalue weighted by molar-refractivity contribution is 5.96. The second-order valence-corrected chi connectivity index (χ2v) is 7.44. The summed E-state index contributed by atoms with van der Waals surface area (Å²) in [6.45, 7) is 4.03. The first kappa shape index (κ1) is 18.4. The molecule has 0 saturated carbocycles. The lowest BCUT2D eigenvalue weighted by Crippen LogP contribution is -2.43. The number of primary amides is 1. The molecule has 1 aromatic carbocycles. The third kappa shape index (κ3) is 3.55.